The van der Waals surface area contributed by atoms with Crippen molar-refractivity contribution < 1.29 is 13.2 Å². The molecule has 86 valence electrons. The van der Waals surface area contributed by atoms with E-state index < -0.39 is 9.84 Å². The number of amides is 1. The van der Waals surface area contributed by atoms with Crippen LogP contribution in [0, 0.1) is 0 Å². The van der Waals surface area contributed by atoms with Crippen molar-refractivity contribution in [2.45, 2.75) is 24.8 Å². The van der Waals surface area contributed by atoms with E-state index in [-0.39, 0.29) is 23.0 Å². The van der Waals surface area contributed by atoms with Gasteiger partial charge in [-0.3, -0.25) is 4.79 Å². The van der Waals surface area contributed by atoms with E-state index in [4.69, 9.17) is 0 Å². The molecule has 1 amide bonds. The maximum Gasteiger partial charge on any atom is 0.221 e. The van der Waals surface area contributed by atoms with E-state index in [1.807, 2.05) is 0 Å². The molecule has 2 heterocycles. The first-order chi connectivity index (χ1) is 7.02. The van der Waals surface area contributed by atoms with E-state index in [2.05, 4.69) is 10.6 Å². The smallest absolute Gasteiger partial charge is 0.221 e. The number of hydrogen-bond donors (Lipinski definition) is 2. The van der Waals surface area contributed by atoms with Crippen molar-refractivity contribution in [3.05, 3.63) is 0 Å². The highest BCUT2D eigenvalue weighted by molar-refractivity contribution is 7.91. The Bertz CT molecular complexity index is 350. The van der Waals surface area contributed by atoms with E-state index in [0.29, 0.717) is 25.8 Å². The molecule has 2 aliphatic heterocycles. The van der Waals surface area contributed by atoms with Crippen LogP contribution in [0.4, 0.5) is 0 Å². The van der Waals surface area contributed by atoms with Gasteiger partial charge >= 0.3 is 0 Å². The molecule has 0 bridgehead atoms. The van der Waals surface area contributed by atoms with Gasteiger partial charge in [-0.15, -0.1) is 0 Å². The standard InChI is InChI=1S/C9H16N2O3S/c12-8-7-9(11-4-3-10-8)1-5-15(13,14)6-2-9/h11H,1-7H2,(H,10,12). The summed E-state index contributed by atoms with van der Waals surface area (Å²) in [6.45, 7) is 1.36. The lowest BCUT2D eigenvalue weighted by molar-refractivity contribution is -0.121. The summed E-state index contributed by atoms with van der Waals surface area (Å²) in [4.78, 5) is 11.4. The zero-order valence-corrected chi connectivity index (χ0v) is 9.40. The van der Waals surface area contributed by atoms with Crippen molar-refractivity contribution in [2.24, 2.45) is 0 Å². The Hall–Kier alpha value is -0.620. The lowest BCUT2D eigenvalue weighted by Crippen LogP contribution is -2.51. The molecule has 5 nitrogen and oxygen atoms in total. The SMILES string of the molecule is O=C1CC2(CCS(=O)(=O)CC2)NCCN1. The van der Waals surface area contributed by atoms with Gasteiger partial charge in [0.15, 0.2) is 0 Å². The Morgan fingerprint density at radius 1 is 1.13 bits per heavy atom. The molecular weight excluding hydrogens is 216 g/mol. The molecule has 6 heteroatoms. The Morgan fingerprint density at radius 3 is 2.47 bits per heavy atom. The van der Waals surface area contributed by atoms with E-state index in [1.54, 1.807) is 0 Å². The summed E-state index contributed by atoms with van der Waals surface area (Å²) in [7, 11) is -2.86. The highest BCUT2D eigenvalue weighted by Crippen LogP contribution is 2.27. The highest BCUT2D eigenvalue weighted by Gasteiger charge is 2.39. The van der Waals surface area contributed by atoms with E-state index in [9.17, 15) is 13.2 Å². The second-order valence-electron chi connectivity index (χ2n) is 4.39. The monoisotopic (exact) mass is 232 g/mol. The fraction of sp³-hybridized carbons (Fsp3) is 0.889. The predicted molar refractivity (Wildman–Crippen MR) is 56.2 cm³/mol. The number of sulfone groups is 1. The Labute approximate surface area is 89.5 Å². The Balaban J connectivity index is 2.10. The first kappa shape index (κ1) is 10.9. The second kappa shape index (κ2) is 3.75. The Kier molecular flexibility index (Phi) is 2.72. The summed E-state index contributed by atoms with van der Waals surface area (Å²) in [6.07, 6.45) is 1.52. The number of carbonyl (C=O) groups excluding carboxylic acids is 1. The fourth-order valence-electron chi connectivity index (χ4n) is 2.24. The van der Waals surface area contributed by atoms with Crippen LogP contribution in [0.3, 0.4) is 0 Å². The first-order valence-electron chi connectivity index (χ1n) is 5.24. The third-order valence-corrected chi connectivity index (χ3v) is 4.88. The summed E-state index contributed by atoms with van der Waals surface area (Å²) in [5, 5.41) is 6.10. The molecule has 0 aromatic carbocycles. The van der Waals surface area contributed by atoms with Gasteiger partial charge in [0.05, 0.1) is 11.5 Å². The summed E-state index contributed by atoms with van der Waals surface area (Å²) < 4.78 is 22.6. The van der Waals surface area contributed by atoms with Crippen molar-refractivity contribution in [3.63, 3.8) is 0 Å². The molecular formula is C9H16N2O3S. The van der Waals surface area contributed by atoms with Gasteiger partial charge in [-0.25, -0.2) is 8.42 Å². The zero-order chi connectivity index (χ0) is 10.9. The molecule has 2 saturated heterocycles. The number of hydrogen-bond acceptors (Lipinski definition) is 4. The van der Waals surface area contributed by atoms with E-state index in [0.717, 1.165) is 6.54 Å². The molecule has 15 heavy (non-hydrogen) atoms. The van der Waals surface area contributed by atoms with Gasteiger partial charge in [0.25, 0.3) is 0 Å². The van der Waals surface area contributed by atoms with Crippen molar-refractivity contribution in [1.82, 2.24) is 10.6 Å². The van der Waals surface area contributed by atoms with Crippen molar-refractivity contribution in [2.75, 3.05) is 24.6 Å². The van der Waals surface area contributed by atoms with Crippen LogP contribution in [0.25, 0.3) is 0 Å². The highest BCUT2D eigenvalue weighted by atomic mass is 32.2. The largest absolute Gasteiger partial charge is 0.355 e. The summed E-state index contributed by atoms with van der Waals surface area (Å²) in [5.74, 6) is 0.430. The summed E-state index contributed by atoms with van der Waals surface area (Å²) in [6, 6.07) is 0. The van der Waals surface area contributed by atoms with E-state index >= 15 is 0 Å². The van der Waals surface area contributed by atoms with Crippen molar-refractivity contribution >= 4 is 15.7 Å². The molecule has 2 fully saturated rings. The zero-order valence-electron chi connectivity index (χ0n) is 8.58. The summed E-state index contributed by atoms with van der Waals surface area (Å²) in [5.41, 5.74) is -0.272. The maximum absolute atomic E-state index is 11.4. The van der Waals surface area contributed by atoms with Gasteiger partial charge in [0.1, 0.15) is 9.84 Å². The van der Waals surface area contributed by atoms with Crippen LogP contribution >= 0.6 is 0 Å². The minimum Gasteiger partial charge on any atom is -0.355 e. The minimum absolute atomic E-state index is 0.0271. The van der Waals surface area contributed by atoms with Gasteiger partial charge in [-0.1, -0.05) is 0 Å². The molecule has 1 spiro atoms. The molecule has 0 aliphatic carbocycles. The third-order valence-electron chi connectivity index (χ3n) is 3.23. The molecule has 2 N–H and O–H groups in total. The van der Waals surface area contributed by atoms with Gasteiger partial charge < -0.3 is 10.6 Å². The van der Waals surface area contributed by atoms with Crippen LogP contribution in [0.2, 0.25) is 0 Å². The van der Waals surface area contributed by atoms with Crippen LogP contribution in [-0.4, -0.2) is 44.5 Å². The first-order valence-corrected chi connectivity index (χ1v) is 7.06. The van der Waals surface area contributed by atoms with Gasteiger partial charge in [-0.2, -0.15) is 0 Å². The molecule has 2 aliphatic rings. The lowest BCUT2D eigenvalue weighted by Gasteiger charge is -2.36. The van der Waals surface area contributed by atoms with Crippen LogP contribution in [-0.2, 0) is 14.6 Å². The van der Waals surface area contributed by atoms with Crippen molar-refractivity contribution in [3.8, 4) is 0 Å². The minimum atomic E-state index is -2.86. The lowest BCUT2D eigenvalue weighted by atomic mass is 9.88. The van der Waals surface area contributed by atoms with Crippen LogP contribution in [0.1, 0.15) is 19.3 Å². The van der Waals surface area contributed by atoms with Crippen molar-refractivity contribution in [1.29, 1.82) is 0 Å². The average Bonchev–Trinajstić information content (AvgIpc) is 2.35. The number of nitrogens with one attached hydrogen (secondary N) is 2. The van der Waals surface area contributed by atoms with Crippen LogP contribution < -0.4 is 10.6 Å². The maximum atomic E-state index is 11.4. The van der Waals surface area contributed by atoms with E-state index in [1.165, 1.54) is 0 Å². The predicted octanol–water partition coefficient (Wildman–Crippen LogP) is -0.957. The second-order valence-corrected chi connectivity index (χ2v) is 6.69. The van der Waals surface area contributed by atoms with Gasteiger partial charge in [-0.05, 0) is 12.8 Å². The number of carbonyl (C=O) groups is 1. The summed E-state index contributed by atoms with van der Waals surface area (Å²) >= 11 is 0. The van der Waals surface area contributed by atoms with Gasteiger partial charge in [0, 0.05) is 25.0 Å². The van der Waals surface area contributed by atoms with Crippen LogP contribution in [0.5, 0.6) is 0 Å². The fourth-order valence-corrected chi connectivity index (χ4v) is 3.85. The molecule has 0 aromatic rings. The molecule has 2 rings (SSSR count). The Morgan fingerprint density at radius 2 is 1.80 bits per heavy atom. The quantitative estimate of drug-likeness (QED) is 0.564. The number of rotatable bonds is 0. The normalized spacial score (nSPS) is 29.5. The molecule has 0 aromatic heterocycles. The van der Waals surface area contributed by atoms with Crippen LogP contribution in [0.15, 0.2) is 0 Å². The molecule has 0 saturated carbocycles. The topological polar surface area (TPSA) is 75.3 Å². The van der Waals surface area contributed by atoms with Gasteiger partial charge in [0.2, 0.25) is 5.91 Å². The molecule has 0 radical (unpaired) electrons. The molecule has 0 atom stereocenters. The third kappa shape index (κ3) is 2.49. The molecule has 0 unspecified atom stereocenters. The average molecular weight is 232 g/mol.